The Bertz CT molecular complexity index is 1190. The minimum Gasteiger partial charge on any atom is -0.464 e. The van der Waals surface area contributed by atoms with Gasteiger partial charge in [-0.3, -0.25) is 0 Å². The van der Waals surface area contributed by atoms with Crippen molar-refractivity contribution in [2.24, 2.45) is 4.99 Å². The van der Waals surface area contributed by atoms with Gasteiger partial charge in [-0.05, 0) is 30.2 Å². The summed E-state index contributed by atoms with van der Waals surface area (Å²) < 4.78 is 5.58. The first-order valence-corrected chi connectivity index (χ1v) is 11.5. The Morgan fingerprint density at radius 3 is 1.88 bits per heavy atom. The minimum absolute atomic E-state index is 0.303. The number of esters is 1. The van der Waals surface area contributed by atoms with Crippen LogP contribution in [0, 0.1) is 0 Å². The van der Waals surface area contributed by atoms with Crippen LogP contribution in [0.2, 0.25) is 0 Å². The lowest BCUT2D eigenvalue weighted by atomic mass is 10.0. The van der Waals surface area contributed by atoms with Gasteiger partial charge in [0.15, 0.2) is 6.04 Å². The van der Waals surface area contributed by atoms with Crippen molar-refractivity contribution in [3.63, 3.8) is 0 Å². The maximum atomic E-state index is 13.4. The summed E-state index contributed by atoms with van der Waals surface area (Å²) in [5, 5.41) is 0. The molecule has 4 aromatic rings. The molecule has 0 bridgehead atoms. The van der Waals surface area contributed by atoms with Crippen molar-refractivity contribution in [2.75, 3.05) is 6.61 Å². The third kappa shape index (κ3) is 5.78. The second kappa shape index (κ2) is 11.6. The predicted molar refractivity (Wildman–Crippen MR) is 137 cm³/mol. The molecule has 0 aromatic heterocycles. The van der Waals surface area contributed by atoms with E-state index in [4.69, 9.17) is 9.73 Å². The number of benzene rings is 4. The van der Waals surface area contributed by atoms with Gasteiger partial charge in [-0.25, -0.2) is 9.79 Å². The van der Waals surface area contributed by atoms with Crippen LogP contribution in [0.1, 0.15) is 29.7 Å². The van der Waals surface area contributed by atoms with Crippen LogP contribution in [-0.4, -0.2) is 23.3 Å². The molecule has 0 radical (unpaired) electrons. The zero-order valence-corrected chi connectivity index (χ0v) is 19.2. The molecule has 0 aliphatic carbocycles. The van der Waals surface area contributed by atoms with Crippen molar-refractivity contribution in [1.29, 1.82) is 0 Å². The van der Waals surface area contributed by atoms with E-state index in [1.54, 1.807) is 0 Å². The first-order valence-electron chi connectivity index (χ1n) is 11.5. The van der Waals surface area contributed by atoms with Crippen molar-refractivity contribution in [1.82, 2.24) is 4.90 Å². The number of aliphatic imine (C=N–C) groups is 1. The van der Waals surface area contributed by atoms with Gasteiger partial charge in [0.1, 0.15) is 5.84 Å². The summed E-state index contributed by atoms with van der Waals surface area (Å²) in [6, 6.07) is 39.0. The molecule has 0 N–H and O–H groups in total. The minimum atomic E-state index is -0.663. The highest BCUT2D eigenvalue weighted by Gasteiger charge is 2.32. The van der Waals surface area contributed by atoms with Gasteiger partial charge in [0.2, 0.25) is 0 Å². The van der Waals surface area contributed by atoms with Gasteiger partial charge in [0.05, 0.1) is 12.3 Å². The highest BCUT2D eigenvalue weighted by molar-refractivity contribution is 6.02. The third-order valence-electron chi connectivity index (χ3n) is 5.43. The van der Waals surface area contributed by atoms with Crippen LogP contribution >= 0.6 is 0 Å². The molecule has 0 aliphatic rings. The normalized spacial score (nSPS) is 12.1. The van der Waals surface area contributed by atoms with Gasteiger partial charge in [-0.2, -0.15) is 0 Å². The third-order valence-corrected chi connectivity index (χ3v) is 5.43. The average molecular weight is 449 g/mol. The van der Waals surface area contributed by atoms with Crippen LogP contribution in [0.25, 0.3) is 0 Å². The molecule has 4 aromatic carbocycles. The average Bonchev–Trinajstić information content (AvgIpc) is 2.89. The number of carbonyl (C=O) groups is 1. The Balaban J connectivity index is 1.91. The monoisotopic (exact) mass is 448 g/mol. The van der Waals surface area contributed by atoms with Crippen molar-refractivity contribution >= 4 is 17.5 Å². The molecule has 4 heteroatoms. The lowest BCUT2D eigenvalue weighted by Crippen LogP contribution is -2.40. The number of rotatable bonds is 8. The molecule has 4 nitrogen and oxygen atoms in total. The van der Waals surface area contributed by atoms with Gasteiger partial charge in [0.25, 0.3) is 0 Å². The molecule has 0 unspecified atom stereocenters. The second-order valence-corrected chi connectivity index (χ2v) is 7.82. The Kier molecular flexibility index (Phi) is 7.86. The van der Waals surface area contributed by atoms with Crippen LogP contribution in [0.5, 0.6) is 0 Å². The number of hydrogen-bond donors (Lipinski definition) is 0. The molecule has 4 rings (SSSR count). The molecule has 1 atom stereocenters. The number of carbonyl (C=O) groups excluding carboxylic acids is 1. The fourth-order valence-electron chi connectivity index (χ4n) is 3.87. The molecule has 0 saturated heterocycles. The molecule has 0 spiro atoms. The topological polar surface area (TPSA) is 41.9 Å². The SMILES string of the molecule is CCOC(=O)[C@@H](c1ccccc1)N(Cc1ccccc1)C(=Nc1ccccc1)c1ccccc1. The molecule has 0 heterocycles. The summed E-state index contributed by atoms with van der Waals surface area (Å²) >= 11 is 0. The van der Waals surface area contributed by atoms with E-state index in [-0.39, 0.29) is 5.97 Å². The van der Waals surface area contributed by atoms with Crippen LogP contribution in [0.15, 0.2) is 126 Å². The van der Waals surface area contributed by atoms with Crippen molar-refractivity contribution in [2.45, 2.75) is 19.5 Å². The first kappa shape index (κ1) is 23.0. The van der Waals surface area contributed by atoms with E-state index >= 15 is 0 Å². The number of nitrogens with zero attached hydrogens (tertiary/aromatic N) is 2. The lowest BCUT2D eigenvalue weighted by molar-refractivity contribution is -0.148. The molecule has 170 valence electrons. The highest BCUT2D eigenvalue weighted by Crippen LogP contribution is 2.29. The summed E-state index contributed by atoms with van der Waals surface area (Å²) in [7, 11) is 0. The lowest BCUT2D eigenvalue weighted by Gasteiger charge is -2.33. The van der Waals surface area contributed by atoms with Gasteiger partial charge in [0, 0.05) is 12.1 Å². The summed E-state index contributed by atoms with van der Waals surface area (Å²) in [5.41, 5.74) is 3.67. The van der Waals surface area contributed by atoms with E-state index in [2.05, 4.69) is 12.1 Å². The molecule has 0 amide bonds. The van der Waals surface area contributed by atoms with Crippen LogP contribution in [0.4, 0.5) is 5.69 Å². The summed E-state index contributed by atoms with van der Waals surface area (Å²) in [6.07, 6.45) is 0. The quantitative estimate of drug-likeness (QED) is 0.174. The molecule has 0 aliphatic heterocycles. The van der Waals surface area contributed by atoms with E-state index in [9.17, 15) is 4.79 Å². The Morgan fingerprint density at radius 2 is 1.29 bits per heavy atom. The second-order valence-electron chi connectivity index (χ2n) is 7.82. The Hall–Kier alpha value is -4.18. The molecule has 0 fully saturated rings. The molecular formula is C30H28N2O2. The van der Waals surface area contributed by atoms with Crippen molar-refractivity contribution in [3.8, 4) is 0 Å². The van der Waals surface area contributed by atoms with Gasteiger partial charge < -0.3 is 9.64 Å². The predicted octanol–water partition coefficient (Wildman–Crippen LogP) is 6.57. The van der Waals surface area contributed by atoms with Crippen molar-refractivity contribution < 1.29 is 9.53 Å². The summed E-state index contributed by atoms with van der Waals surface area (Å²) in [4.78, 5) is 20.5. The molecular weight excluding hydrogens is 420 g/mol. The highest BCUT2D eigenvalue weighted by atomic mass is 16.5. The fraction of sp³-hybridized carbons (Fsp3) is 0.133. The smallest absolute Gasteiger partial charge is 0.333 e. The Labute approximate surface area is 201 Å². The number of para-hydroxylation sites is 1. The maximum Gasteiger partial charge on any atom is 0.333 e. The number of ether oxygens (including phenoxy) is 1. The van der Waals surface area contributed by atoms with Crippen LogP contribution in [0.3, 0.4) is 0 Å². The van der Waals surface area contributed by atoms with E-state index in [1.807, 2.05) is 121 Å². The number of amidine groups is 1. The zero-order chi connectivity index (χ0) is 23.6. The van der Waals surface area contributed by atoms with Crippen molar-refractivity contribution in [3.05, 3.63) is 138 Å². The molecule has 34 heavy (non-hydrogen) atoms. The largest absolute Gasteiger partial charge is 0.464 e. The standard InChI is InChI=1S/C30H28N2O2/c1-2-34-30(33)28(25-17-9-4-10-18-25)32(23-24-15-7-3-8-16-24)29(26-19-11-5-12-20-26)31-27-21-13-6-14-22-27/h3-22,28H,2,23H2,1H3/t28-/m1/s1. The van der Waals surface area contributed by atoms with E-state index in [0.717, 1.165) is 22.4 Å². The summed E-state index contributed by atoms with van der Waals surface area (Å²) in [5.74, 6) is 0.402. The zero-order valence-electron chi connectivity index (χ0n) is 19.2. The van der Waals surface area contributed by atoms with Gasteiger partial charge in [-0.1, -0.05) is 109 Å². The molecule has 0 saturated carbocycles. The van der Waals surface area contributed by atoms with E-state index in [1.165, 1.54) is 0 Å². The summed E-state index contributed by atoms with van der Waals surface area (Å²) in [6.45, 7) is 2.62. The van der Waals surface area contributed by atoms with Crippen LogP contribution in [-0.2, 0) is 16.1 Å². The van der Waals surface area contributed by atoms with Crippen LogP contribution < -0.4 is 0 Å². The van der Waals surface area contributed by atoms with E-state index < -0.39 is 6.04 Å². The fourth-order valence-corrected chi connectivity index (χ4v) is 3.87. The maximum absolute atomic E-state index is 13.4. The Morgan fingerprint density at radius 1 is 0.765 bits per heavy atom. The van der Waals surface area contributed by atoms with Gasteiger partial charge >= 0.3 is 5.97 Å². The van der Waals surface area contributed by atoms with Gasteiger partial charge in [-0.15, -0.1) is 0 Å². The van der Waals surface area contributed by atoms with E-state index in [0.29, 0.717) is 19.0 Å². The first-order chi connectivity index (χ1) is 16.8. The number of hydrogen-bond acceptors (Lipinski definition) is 3.